The largest absolute Gasteiger partial charge is 0.323 e. The number of hydrogen-bond donors (Lipinski definition) is 1. The van der Waals surface area contributed by atoms with Gasteiger partial charge in [0.2, 0.25) is 0 Å². The first kappa shape index (κ1) is 12.4. The van der Waals surface area contributed by atoms with Gasteiger partial charge in [0, 0.05) is 29.6 Å². The summed E-state index contributed by atoms with van der Waals surface area (Å²) in [6.45, 7) is 2.19. The van der Waals surface area contributed by atoms with Crippen LogP contribution in [0.15, 0.2) is 36.7 Å². The molecule has 0 aliphatic rings. The van der Waals surface area contributed by atoms with Crippen LogP contribution in [0.5, 0.6) is 0 Å². The van der Waals surface area contributed by atoms with Crippen LogP contribution in [-0.4, -0.2) is 16.5 Å². The Labute approximate surface area is 107 Å². The smallest absolute Gasteiger partial charge is 0.0408 e. The molecule has 2 nitrogen and oxygen atoms in total. The van der Waals surface area contributed by atoms with Gasteiger partial charge in [0.1, 0.15) is 0 Å². The Balaban J connectivity index is 2.22. The van der Waals surface area contributed by atoms with Crippen molar-refractivity contribution in [2.24, 2.45) is 5.73 Å². The summed E-state index contributed by atoms with van der Waals surface area (Å²) in [6.07, 6.45) is 5.00. The van der Waals surface area contributed by atoms with E-state index >= 15 is 0 Å². The summed E-state index contributed by atoms with van der Waals surface area (Å²) >= 11 is 1.91. The Kier molecular flexibility index (Phi) is 4.40. The van der Waals surface area contributed by atoms with Crippen molar-refractivity contribution in [1.82, 2.24) is 4.98 Å². The number of hydrogen-bond acceptors (Lipinski definition) is 3. The molecule has 0 bridgehead atoms. The van der Waals surface area contributed by atoms with Crippen molar-refractivity contribution in [3.05, 3.63) is 42.2 Å². The molecule has 0 amide bonds. The van der Waals surface area contributed by atoms with E-state index < -0.39 is 0 Å². The first-order valence-electron chi connectivity index (χ1n) is 5.99. The molecule has 2 rings (SSSR count). The molecule has 2 aromatic rings. The zero-order chi connectivity index (χ0) is 12.1. The van der Waals surface area contributed by atoms with E-state index in [1.165, 1.54) is 22.9 Å². The van der Waals surface area contributed by atoms with Gasteiger partial charge < -0.3 is 5.73 Å². The molecule has 1 heterocycles. The second-order valence-electron chi connectivity index (χ2n) is 4.13. The summed E-state index contributed by atoms with van der Waals surface area (Å²) in [5.74, 6) is 2.13. The van der Waals surface area contributed by atoms with Crippen molar-refractivity contribution in [3.8, 4) is 0 Å². The number of benzene rings is 1. The van der Waals surface area contributed by atoms with Gasteiger partial charge in [-0.2, -0.15) is 11.8 Å². The van der Waals surface area contributed by atoms with Gasteiger partial charge in [-0.1, -0.05) is 31.2 Å². The molecule has 1 aromatic heterocycles. The first-order valence-corrected chi connectivity index (χ1v) is 7.14. The van der Waals surface area contributed by atoms with E-state index in [2.05, 4.69) is 30.1 Å². The van der Waals surface area contributed by atoms with Crippen LogP contribution in [0.25, 0.3) is 10.8 Å². The third-order valence-corrected chi connectivity index (χ3v) is 4.04. The van der Waals surface area contributed by atoms with Gasteiger partial charge in [0.05, 0.1) is 0 Å². The van der Waals surface area contributed by atoms with E-state index in [9.17, 15) is 0 Å². The lowest BCUT2D eigenvalue weighted by Gasteiger charge is -2.13. The van der Waals surface area contributed by atoms with Crippen LogP contribution in [0, 0.1) is 0 Å². The predicted octanol–water partition coefficient (Wildman–Crippen LogP) is 3.38. The Morgan fingerprint density at radius 1 is 1.29 bits per heavy atom. The van der Waals surface area contributed by atoms with Crippen LogP contribution in [0.4, 0.5) is 0 Å². The standard InChI is InChI=1S/C14H18N2S/c1-2-7-17-10-14(15)13-9-16-8-11-5-3-4-6-12(11)13/h3-6,8-9,14H,2,7,10,15H2,1H3. The molecule has 17 heavy (non-hydrogen) atoms. The average molecular weight is 246 g/mol. The van der Waals surface area contributed by atoms with Gasteiger partial charge in [-0.3, -0.25) is 4.98 Å². The van der Waals surface area contributed by atoms with Gasteiger partial charge >= 0.3 is 0 Å². The highest BCUT2D eigenvalue weighted by atomic mass is 32.2. The highest BCUT2D eigenvalue weighted by Gasteiger charge is 2.09. The van der Waals surface area contributed by atoms with E-state index in [1.807, 2.05) is 30.2 Å². The number of rotatable bonds is 5. The summed E-state index contributed by atoms with van der Waals surface area (Å²) < 4.78 is 0. The fourth-order valence-electron chi connectivity index (χ4n) is 1.88. The Morgan fingerprint density at radius 2 is 2.12 bits per heavy atom. The molecule has 1 unspecified atom stereocenters. The lowest BCUT2D eigenvalue weighted by Crippen LogP contribution is -2.14. The SMILES string of the molecule is CCCSCC(N)c1cncc2ccccc12. The number of pyridine rings is 1. The second kappa shape index (κ2) is 6.03. The fraction of sp³-hybridized carbons (Fsp3) is 0.357. The Hall–Kier alpha value is -1.06. The summed E-state index contributed by atoms with van der Waals surface area (Å²) in [7, 11) is 0. The van der Waals surface area contributed by atoms with E-state index in [0.717, 1.165) is 11.3 Å². The summed E-state index contributed by atoms with van der Waals surface area (Å²) in [4.78, 5) is 4.27. The number of fused-ring (bicyclic) bond motifs is 1. The molecule has 0 spiro atoms. The van der Waals surface area contributed by atoms with Crippen molar-refractivity contribution in [1.29, 1.82) is 0 Å². The lowest BCUT2D eigenvalue weighted by molar-refractivity contribution is 0.833. The van der Waals surface area contributed by atoms with Crippen LogP contribution >= 0.6 is 11.8 Å². The minimum Gasteiger partial charge on any atom is -0.323 e. The van der Waals surface area contributed by atoms with Crippen LogP contribution in [-0.2, 0) is 0 Å². The van der Waals surface area contributed by atoms with Crippen molar-refractivity contribution >= 4 is 22.5 Å². The van der Waals surface area contributed by atoms with Crippen LogP contribution in [0.1, 0.15) is 24.9 Å². The minimum atomic E-state index is 0.0742. The second-order valence-corrected chi connectivity index (χ2v) is 5.28. The fourth-order valence-corrected chi connectivity index (χ4v) is 2.77. The summed E-state index contributed by atoms with van der Waals surface area (Å²) in [5.41, 5.74) is 7.40. The maximum Gasteiger partial charge on any atom is 0.0408 e. The Morgan fingerprint density at radius 3 is 2.94 bits per heavy atom. The number of nitrogens with two attached hydrogens (primary N) is 1. The minimum absolute atomic E-state index is 0.0742. The molecule has 1 aromatic carbocycles. The molecule has 2 N–H and O–H groups in total. The molecule has 0 saturated carbocycles. The first-order chi connectivity index (χ1) is 8.33. The molecule has 3 heteroatoms. The van der Waals surface area contributed by atoms with Gasteiger partial charge in [0.15, 0.2) is 0 Å². The normalized spacial score (nSPS) is 12.8. The molecule has 0 fully saturated rings. The van der Waals surface area contributed by atoms with Gasteiger partial charge in [0.25, 0.3) is 0 Å². The molecule has 0 aliphatic heterocycles. The molecular weight excluding hydrogens is 228 g/mol. The molecule has 90 valence electrons. The number of nitrogens with zero attached hydrogens (tertiary/aromatic N) is 1. The predicted molar refractivity (Wildman–Crippen MR) is 76.3 cm³/mol. The maximum atomic E-state index is 6.24. The monoisotopic (exact) mass is 246 g/mol. The van der Waals surface area contributed by atoms with E-state index in [-0.39, 0.29) is 6.04 Å². The van der Waals surface area contributed by atoms with E-state index in [0.29, 0.717) is 0 Å². The van der Waals surface area contributed by atoms with Crippen LogP contribution in [0.3, 0.4) is 0 Å². The molecular formula is C14H18N2S. The third-order valence-electron chi connectivity index (χ3n) is 2.74. The van der Waals surface area contributed by atoms with Crippen LogP contribution < -0.4 is 5.73 Å². The Bertz CT molecular complexity index is 479. The van der Waals surface area contributed by atoms with E-state index in [4.69, 9.17) is 5.73 Å². The molecule has 0 radical (unpaired) electrons. The zero-order valence-corrected chi connectivity index (χ0v) is 10.9. The van der Waals surface area contributed by atoms with Crippen LogP contribution in [0.2, 0.25) is 0 Å². The maximum absolute atomic E-state index is 6.24. The van der Waals surface area contributed by atoms with Crippen molar-refractivity contribution in [3.63, 3.8) is 0 Å². The lowest BCUT2D eigenvalue weighted by atomic mass is 10.0. The number of aromatic nitrogens is 1. The third kappa shape index (κ3) is 2.99. The summed E-state index contributed by atoms with van der Waals surface area (Å²) in [5, 5.41) is 2.40. The molecule has 0 aliphatic carbocycles. The molecule has 0 saturated heterocycles. The highest BCUT2D eigenvalue weighted by Crippen LogP contribution is 2.24. The zero-order valence-electron chi connectivity index (χ0n) is 10.1. The van der Waals surface area contributed by atoms with E-state index in [1.54, 1.807) is 0 Å². The van der Waals surface area contributed by atoms with Crippen molar-refractivity contribution in [2.45, 2.75) is 19.4 Å². The molecule has 1 atom stereocenters. The van der Waals surface area contributed by atoms with Gasteiger partial charge in [-0.05, 0) is 23.1 Å². The highest BCUT2D eigenvalue weighted by molar-refractivity contribution is 7.99. The number of thioether (sulfide) groups is 1. The van der Waals surface area contributed by atoms with Crippen molar-refractivity contribution < 1.29 is 0 Å². The summed E-state index contributed by atoms with van der Waals surface area (Å²) in [6, 6.07) is 8.36. The van der Waals surface area contributed by atoms with Crippen molar-refractivity contribution in [2.75, 3.05) is 11.5 Å². The quantitative estimate of drug-likeness (QED) is 0.822. The van der Waals surface area contributed by atoms with Gasteiger partial charge in [-0.15, -0.1) is 0 Å². The van der Waals surface area contributed by atoms with Gasteiger partial charge in [-0.25, -0.2) is 0 Å². The topological polar surface area (TPSA) is 38.9 Å². The average Bonchev–Trinajstić information content (AvgIpc) is 2.38.